The Labute approximate surface area is 102 Å². The molecule has 0 saturated carbocycles. The van der Waals surface area contributed by atoms with Gasteiger partial charge in [0.05, 0.1) is 0 Å². The lowest BCUT2D eigenvalue weighted by Crippen LogP contribution is -2.49. The lowest BCUT2D eigenvalue weighted by Gasteiger charge is -2.31. The first-order chi connectivity index (χ1) is 8.11. The Hall–Kier alpha value is -1.10. The summed E-state index contributed by atoms with van der Waals surface area (Å²) in [5, 5.41) is 14.5. The van der Waals surface area contributed by atoms with Gasteiger partial charge >= 0.3 is 5.97 Å². The molecule has 3 N–H and O–H groups in total. The molecule has 17 heavy (non-hydrogen) atoms. The highest BCUT2D eigenvalue weighted by atomic mass is 16.4. The van der Waals surface area contributed by atoms with Crippen molar-refractivity contribution in [3.63, 3.8) is 0 Å². The molecule has 0 aliphatic carbocycles. The van der Waals surface area contributed by atoms with E-state index in [9.17, 15) is 9.59 Å². The molecule has 0 bridgehead atoms. The fourth-order valence-electron chi connectivity index (χ4n) is 1.83. The highest BCUT2D eigenvalue weighted by Crippen LogP contribution is 2.15. The lowest BCUT2D eigenvalue weighted by atomic mass is 9.88. The molecule has 5 nitrogen and oxygen atoms in total. The van der Waals surface area contributed by atoms with Gasteiger partial charge in [-0.25, -0.2) is 0 Å². The molecule has 1 rings (SSSR count). The van der Waals surface area contributed by atoms with Crippen molar-refractivity contribution in [1.82, 2.24) is 10.6 Å². The van der Waals surface area contributed by atoms with Crippen LogP contribution in [0.4, 0.5) is 0 Å². The molecular weight excluding hydrogens is 220 g/mol. The van der Waals surface area contributed by atoms with Gasteiger partial charge in [0.2, 0.25) is 5.91 Å². The Bertz CT molecular complexity index is 264. The fraction of sp³-hybridized carbons (Fsp3) is 0.833. The van der Waals surface area contributed by atoms with Crippen LogP contribution in [0, 0.1) is 11.8 Å². The Morgan fingerprint density at radius 1 is 1.35 bits per heavy atom. The summed E-state index contributed by atoms with van der Waals surface area (Å²) in [6, 6.07) is 0. The number of hydrogen-bond donors (Lipinski definition) is 3. The molecule has 1 aliphatic heterocycles. The predicted octanol–water partition coefficient (Wildman–Crippen LogP) is 0.603. The predicted molar refractivity (Wildman–Crippen MR) is 64.6 cm³/mol. The summed E-state index contributed by atoms with van der Waals surface area (Å²) in [6.45, 7) is 4.49. The maximum atomic E-state index is 11.7. The van der Waals surface area contributed by atoms with Crippen molar-refractivity contribution in [2.75, 3.05) is 19.6 Å². The Morgan fingerprint density at radius 2 is 2.06 bits per heavy atom. The molecule has 1 heterocycles. The van der Waals surface area contributed by atoms with Crippen LogP contribution >= 0.6 is 0 Å². The van der Waals surface area contributed by atoms with Crippen molar-refractivity contribution in [3.05, 3.63) is 0 Å². The van der Waals surface area contributed by atoms with E-state index in [2.05, 4.69) is 10.6 Å². The van der Waals surface area contributed by atoms with Gasteiger partial charge in [0, 0.05) is 18.9 Å². The largest absolute Gasteiger partial charge is 0.481 e. The summed E-state index contributed by atoms with van der Waals surface area (Å²) >= 11 is 0. The van der Waals surface area contributed by atoms with Gasteiger partial charge in [-0.15, -0.1) is 0 Å². The van der Waals surface area contributed by atoms with Gasteiger partial charge in [0.15, 0.2) is 0 Å². The average Bonchev–Trinajstić information content (AvgIpc) is 2.19. The molecule has 0 spiro atoms. The number of hydrogen-bond acceptors (Lipinski definition) is 3. The second kappa shape index (κ2) is 7.27. The van der Waals surface area contributed by atoms with Crippen LogP contribution in [0.2, 0.25) is 0 Å². The molecule has 1 atom stereocenters. The van der Waals surface area contributed by atoms with Crippen molar-refractivity contribution < 1.29 is 14.7 Å². The first-order valence-electron chi connectivity index (χ1n) is 6.31. The average molecular weight is 242 g/mol. The van der Waals surface area contributed by atoms with E-state index in [0.29, 0.717) is 18.9 Å². The van der Waals surface area contributed by atoms with Gasteiger partial charge in [-0.3, -0.25) is 9.59 Å². The van der Waals surface area contributed by atoms with Crippen LogP contribution in [-0.4, -0.2) is 36.6 Å². The maximum Gasteiger partial charge on any atom is 0.303 e. The minimum absolute atomic E-state index is 0.0790. The molecule has 1 amide bonds. The minimum Gasteiger partial charge on any atom is -0.481 e. The van der Waals surface area contributed by atoms with E-state index in [1.165, 1.54) is 0 Å². The number of carboxylic acid groups (broad SMARTS) is 1. The smallest absolute Gasteiger partial charge is 0.303 e. The Balaban J connectivity index is 1.98. The topological polar surface area (TPSA) is 78.4 Å². The van der Waals surface area contributed by atoms with Gasteiger partial charge in [0.1, 0.15) is 0 Å². The van der Waals surface area contributed by atoms with E-state index in [1.807, 2.05) is 6.92 Å². The monoisotopic (exact) mass is 242 g/mol. The number of amides is 1. The van der Waals surface area contributed by atoms with E-state index < -0.39 is 5.97 Å². The Morgan fingerprint density at radius 3 is 2.59 bits per heavy atom. The first-order valence-corrected chi connectivity index (χ1v) is 6.31. The molecule has 0 radical (unpaired) electrons. The number of carboxylic acids is 1. The molecule has 0 aromatic heterocycles. The van der Waals surface area contributed by atoms with Crippen LogP contribution in [0.5, 0.6) is 0 Å². The number of carbonyl (C=O) groups excluding carboxylic acids is 1. The normalized spacial score (nSPS) is 17.2. The second-order valence-electron chi connectivity index (χ2n) is 4.70. The van der Waals surface area contributed by atoms with Crippen molar-refractivity contribution in [2.45, 2.75) is 32.6 Å². The summed E-state index contributed by atoms with van der Waals surface area (Å²) in [7, 11) is 0. The highest BCUT2D eigenvalue weighted by Gasteiger charge is 2.28. The van der Waals surface area contributed by atoms with Gasteiger partial charge < -0.3 is 15.7 Å². The number of unbranched alkanes of at least 4 members (excludes halogenated alkanes) is 2. The molecule has 0 aromatic carbocycles. The fourth-order valence-corrected chi connectivity index (χ4v) is 1.83. The van der Waals surface area contributed by atoms with Gasteiger partial charge in [-0.05, 0) is 31.8 Å². The van der Waals surface area contributed by atoms with Gasteiger partial charge in [-0.1, -0.05) is 13.3 Å². The van der Waals surface area contributed by atoms with Crippen molar-refractivity contribution in [3.8, 4) is 0 Å². The summed E-state index contributed by atoms with van der Waals surface area (Å²) < 4.78 is 0. The minimum atomic E-state index is -0.750. The second-order valence-corrected chi connectivity index (χ2v) is 4.70. The molecule has 1 saturated heterocycles. The standard InChI is InChI=1S/C12H22N2O3/c1-9(10-7-13-8-10)12(17)14-6-4-2-3-5-11(15)16/h9-10,13H,2-8H2,1H3,(H,14,17)(H,15,16). The molecule has 0 aromatic rings. The highest BCUT2D eigenvalue weighted by molar-refractivity contribution is 5.78. The van der Waals surface area contributed by atoms with E-state index in [-0.39, 0.29) is 18.2 Å². The third-order valence-corrected chi connectivity index (χ3v) is 3.30. The van der Waals surface area contributed by atoms with Crippen LogP contribution in [0.15, 0.2) is 0 Å². The number of carbonyl (C=O) groups is 2. The summed E-state index contributed by atoms with van der Waals surface area (Å²) in [6.07, 6.45) is 2.62. The zero-order chi connectivity index (χ0) is 12.7. The van der Waals surface area contributed by atoms with Crippen LogP contribution in [0.25, 0.3) is 0 Å². The summed E-state index contributed by atoms with van der Waals surface area (Å²) in [5.41, 5.74) is 0. The zero-order valence-corrected chi connectivity index (χ0v) is 10.4. The van der Waals surface area contributed by atoms with E-state index >= 15 is 0 Å². The zero-order valence-electron chi connectivity index (χ0n) is 10.4. The number of aliphatic carboxylic acids is 1. The Kier molecular flexibility index (Phi) is 5.97. The van der Waals surface area contributed by atoms with Gasteiger partial charge in [-0.2, -0.15) is 0 Å². The van der Waals surface area contributed by atoms with Crippen LogP contribution in [0.3, 0.4) is 0 Å². The molecule has 1 fully saturated rings. The van der Waals surface area contributed by atoms with Crippen LogP contribution in [-0.2, 0) is 9.59 Å². The molecule has 5 heteroatoms. The molecule has 1 unspecified atom stereocenters. The quantitative estimate of drug-likeness (QED) is 0.545. The molecule has 1 aliphatic rings. The van der Waals surface area contributed by atoms with Crippen molar-refractivity contribution >= 4 is 11.9 Å². The first kappa shape index (κ1) is 14.0. The van der Waals surface area contributed by atoms with Crippen LogP contribution in [0.1, 0.15) is 32.6 Å². The molecular formula is C12H22N2O3. The van der Waals surface area contributed by atoms with E-state index in [1.54, 1.807) is 0 Å². The summed E-state index contributed by atoms with van der Waals surface area (Å²) in [4.78, 5) is 22.0. The summed E-state index contributed by atoms with van der Waals surface area (Å²) in [5.74, 6) is -0.0767. The lowest BCUT2D eigenvalue weighted by molar-refractivity contribution is -0.137. The molecule has 98 valence electrons. The van der Waals surface area contributed by atoms with Crippen LogP contribution < -0.4 is 10.6 Å². The van der Waals surface area contributed by atoms with Gasteiger partial charge in [0.25, 0.3) is 0 Å². The van der Waals surface area contributed by atoms with Crippen molar-refractivity contribution in [2.24, 2.45) is 11.8 Å². The van der Waals surface area contributed by atoms with E-state index in [4.69, 9.17) is 5.11 Å². The third-order valence-electron chi connectivity index (χ3n) is 3.30. The maximum absolute atomic E-state index is 11.7. The van der Waals surface area contributed by atoms with Crippen molar-refractivity contribution in [1.29, 1.82) is 0 Å². The van der Waals surface area contributed by atoms with E-state index in [0.717, 1.165) is 25.9 Å². The number of rotatable bonds is 8. The number of nitrogens with one attached hydrogen (secondary N) is 2. The third kappa shape index (κ3) is 5.17. The SMILES string of the molecule is CC(C(=O)NCCCCCC(=O)O)C1CNC1.